The van der Waals surface area contributed by atoms with Crippen molar-refractivity contribution >= 4 is 35.1 Å². The minimum atomic E-state index is -0.924. The molecule has 1 aromatic heterocycles. The first-order valence-corrected chi connectivity index (χ1v) is 9.62. The Morgan fingerprint density at radius 1 is 1.32 bits per heavy atom. The lowest BCUT2D eigenvalue weighted by Gasteiger charge is -2.31. The van der Waals surface area contributed by atoms with E-state index in [9.17, 15) is 4.79 Å². The van der Waals surface area contributed by atoms with Gasteiger partial charge in [0.1, 0.15) is 11.0 Å². The second-order valence-electron chi connectivity index (χ2n) is 6.30. The third-order valence-corrected chi connectivity index (χ3v) is 5.42. The van der Waals surface area contributed by atoms with E-state index < -0.39 is 5.97 Å². The van der Waals surface area contributed by atoms with Crippen LogP contribution in [0.2, 0.25) is 5.15 Å². The predicted octanol–water partition coefficient (Wildman–Crippen LogP) is 4.36. The molecule has 2 heterocycles. The highest BCUT2D eigenvalue weighted by Crippen LogP contribution is 2.27. The van der Waals surface area contributed by atoms with Crippen molar-refractivity contribution in [1.29, 1.82) is 0 Å². The van der Waals surface area contributed by atoms with E-state index in [-0.39, 0.29) is 5.56 Å². The molecule has 1 aliphatic rings. The number of piperidine rings is 1. The van der Waals surface area contributed by atoms with E-state index in [1.165, 1.54) is 11.8 Å². The molecule has 0 aliphatic carbocycles. The monoisotopic (exact) mass is 377 g/mol. The Hall–Kier alpha value is -1.79. The normalized spacial score (nSPS) is 15.4. The number of thioether (sulfide) groups is 1. The highest BCUT2D eigenvalue weighted by atomic mass is 35.5. The molecule has 0 unspecified atom stereocenters. The number of nitrogens with zero attached hydrogens (tertiary/aromatic N) is 3. The maximum atomic E-state index is 11.1. The van der Waals surface area contributed by atoms with E-state index in [0.29, 0.717) is 16.1 Å². The molecule has 1 aliphatic heterocycles. The zero-order valence-electron chi connectivity index (χ0n) is 14.0. The second kappa shape index (κ2) is 8.06. The van der Waals surface area contributed by atoms with Crippen molar-refractivity contribution in [2.75, 3.05) is 18.0 Å². The third kappa shape index (κ3) is 4.86. The Kier molecular flexibility index (Phi) is 5.81. The number of halogens is 1. The second-order valence-corrected chi connectivity index (χ2v) is 7.62. The molecule has 1 fully saturated rings. The topological polar surface area (TPSA) is 66.3 Å². The smallest absolute Gasteiger partial charge is 0.335 e. The SMILES string of the molecule is CC1CCN(c2cc(Cl)nc(SCc3cccc(C(=O)O)c3)n2)CC1. The van der Waals surface area contributed by atoms with Crippen molar-refractivity contribution < 1.29 is 9.90 Å². The maximum absolute atomic E-state index is 11.1. The Labute approximate surface area is 156 Å². The van der Waals surface area contributed by atoms with Gasteiger partial charge >= 0.3 is 5.97 Å². The van der Waals surface area contributed by atoms with Crippen LogP contribution in [0, 0.1) is 5.92 Å². The molecule has 3 rings (SSSR count). The Morgan fingerprint density at radius 3 is 2.80 bits per heavy atom. The Balaban J connectivity index is 1.70. The number of carboxylic acid groups (broad SMARTS) is 1. The van der Waals surface area contributed by atoms with Gasteiger partial charge in [0.2, 0.25) is 0 Å². The van der Waals surface area contributed by atoms with Crippen molar-refractivity contribution in [3.8, 4) is 0 Å². The maximum Gasteiger partial charge on any atom is 0.335 e. The van der Waals surface area contributed by atoms with Crippen LogP contribution in [0.4, 0.5) is 5.82 Å². The van der Waals surface area contributed by atoms with E-state index in [1.54, 1.807) is 18.2 Å². The minimum Gasteiger partial charge on any atom is -0.478 e. The number of carboxylic acids is 1. The highest BCUT2D eigenvalue weighted by Gasteiger charge is 2.18. The van der Waals surface area contributed by atoms with Crippen LogP contribution in [0.25, 0.3) is 0 Å². The summed E-state index contributed by atoms with van der Waals surface area (Å²) in [6.45, 7) is 4.25. The summed E-state index contributed by atoms with van der Waals surface area (Å²) in [4.78, 5) is 22.2. The van der Waals surface area contributed by atoms with Gasteiger partial charge in [0.15, 0.2) is 5.16 Å². The molecule has 0 saturated carbocycles. The number of aromatic nitrogens is 2. The van der Waals surface area contributed by atoms with Crippen LogP contribution in [0.3, 0.4) is 0 Å². The standard InChI is InChI=1S/C18H20ClN3O2S/c1-12-5-7-22(8-6-12)16-10-15(19)20-18(21-16)25-11-13-3-2-4-14(9-13)17(23)24/h2-4,9-10,12H,5-8,11H2,1H3,(H,23,24). The van der Waals surface area contributed by atoms with Crippen LogP contribution in [0.5, 0.6) is 0 Å². The van der Waals surface area contributed by atoms with E-state index in [1.807, 2.05) is 12.1 Å². The molecule has 0 amide bonds. The van der Waals surface area contributed by atoms with Gasteiger partial charge in [0.05, 0.1) is 5.56 Å². The van der Waals surface area contributed by atoms with E-state index in [2.05, 4.69) is 21.8 Å². The van der Waals surface area contributed by atoms with Gasteiger partial charge in [-0.2, -0.15) is 0 Å². The van der Waals surface area contributed by atoms with E-state index in [4.69, 9.17) is 16.7 Å². The molecule has 1 aromatic carbocycles. The number of hydrogen-bond donors (Lipinski definition) is 1. The van der Waals surface area contributed by atoms with Crippen LogP contribution in [-0.4, -0.2) is 34.1 Å². The molecule has 1 N–H and O–H groups in total. The van der Waals surface area contributed by atoms with Gasteiger partial charge in [0.25, 0.3) is 0 Å². The lowest BCUT2D eigenvalue weighted by Crippen LogP contribution is -2.33. The fourth-order valence-corrected chi connectivity index (χ4v) is 3.82. The molecule has 132 valence electrons. The van der Waals surface area contributed by atoms with E-state index >= 15 is 0 Å². The summed E-state index contributed by atoms with van der Waals surface area (Å²) in [5.74, 6) is 1.29. The van der Waals surface area contributed by atoms with Crippen molar-refractivity contribution in [1.82, 2.24) is 9.97 Å². The van der Waals surface area contributed by atoms with Gasteiger partial charge in [-0.15, -0.1) is 0 Å². The van der Waals surface area contributed by atoms with Gasteiger partial charge < -0.3 is 10.0 Å². The Bertz CT molecular complexity index is 764. The zero-order chi connectivity index (χ0) is 17.8. The zero-order valence-corrected chi connectivity index (χ0v) is 15.6. The average Bonchev–Trinajstić information content (AvgIpc) is 2.60. The van der Waals surface area contributed by atoms with Gasteiger partial charge in [-0.1, -0.05) is 42.4 Å². The molecule has 0 spiro atoms. The van der Waals surface area contributed by atoms with Crippen molar-refractivity contribution in [3.05, 3.63) is 46.6 Å². The molecule has 0 bridgehead atoms. The van der Waals surface area contributed by atoms with Crippen molar-refractivity contribution in [2.24, 2.45) is 5.92 Å². The lowest BCUT2D eigenvalue weighted by atomic mass is 9.99. The van der Waals surface area contributed by atoms with Crippen LogP contribution in [0.1, 0.15) is 35.7 Å². The molecule has 0 atom stereocenters. The number of benzene rings is 1. The summed E-state index contributed by atoms with van der Waals surface area (Å²) in [5.41, 5.74) is 1.20. The van der Waals surface area contributed by atoms with Gasteiger partial charge in [0, 0.05) is 24.9 Å². The van der Waals surface area contributed by atoms with Crippen LogP contribution < -0.4 is 4.90 Å². The molecule has 25 heavy (non-hydrogen) atoms. The molecule has 5 nitrogen and oxygen atoms in total. The first-order valence-electron chi connectivity index (χ1n) is 8.26. The number of hydrogen-bond acceptors (Lipinski definition) is 5. The van der Waals surface area contributed by atoms with E-state index in [0.717, 1.165) is 43.2 Å². The number of rotatable bonds is 5. The van der Waals surface area contributed by atoms with Crippen LogP contribution in [-0.2, 0) is 5.75 Å². The molecule has 2 aromatic rings. The molecular weight excluding hydrogens is 358 g/mol. The summed E-state index contributed by atoms with van der Waals surface area (Å²) in [7, 11) is 0. The fourth-order valence-electron chi connectivity index (χ4n) is 2.79. The number of carbonyl (C=O) groups is 1. The molecular formula is C18H20ClN3O2S. The summed E-state index contributed by atoms with van der Waals surface area (Å²) in [5, 5.41) is 10.1. The largest absolute Gasteiger partial charge is 0.478 e. The Morgan fingerprint density at radius 2 is 2.08 bits per heavy atom. The van der Waals surface area contributed by atoms with Gasteiger partial charge in [-0.05, 0) is 36.5 Å². The average molecular weight is 378 g/mol. The minimum absolute atomic E-state index is 0.285. The first-order chi connectivity index (χ1) is 12.0. The summed E-state index contributed by atoms with van der Waals surface area (Å²) in [6.07, 6.45) is 2.32. The summed E-state index contributed by atoms with van der Waals surface area (Å²) >= 11 is 7.64. The molecule has 1 saturated heterocycles. The van der Waals surface area contributed by atoms with Crippen LogP contribution in [0.15, 0.2) is 35.5 Å². The fraction of sp³-hybridized carbons (Fsp3) is 0.389. The van der Waals surface area contributed by atoms with Crippen molar-refractivity contribution in [3.63, 3.8) is 0 Å². The summed E-state index contributed by atoms with van der Waals surface area (Å²) in [6, 6.07) is 8.72. The number of aromatic carboxylic acids is 1. The first kappa shape index (κ1) is 18.0. The van der Waals surface area contributed by atoms with Crippen molar-refractivity contribution in [2.45, 2.75) is 30.7 Å². The predicted molar refractivity (Wildman–Crippen MR) is 101 cm³/mol. The molecule has 7 heteroatoms. The quantitative estimate of drug-likeness (QED) is 0.474. The lowest BCUT2D eigenvalue weighted by molar-refractivity contribution is 0.0697. The third-order valence-electron chi connectivity index (χ3n) is 4.31. The number of anilines is 1. The van der Waals surface area contributed by atoms with Crippen LogP contribution >= 0.6 is 23.4 Å². The highest BCUT2D eigenvalue weighted by molar-refractivity contribution is 7.98. The molecule has 0 radical (unpaired) electrons. The van der Waals surface area contributed by atoms with Gasteiger partial charge in [-0.25, -0.2) is 14.8 Å². The van der Waals surface area contributed by atoms with Gasteiger partial charge in [-0.3, -0.25) is 0 Å². The summed E-state index contributed by atoms with van der Waals surface area (Å²) < 4.78 is 0.